The molecule has 0 spiro atoms. The molecule has 0 atom stereocenters. The molecule has 98 valence electrons. The number of phenolic OH excluding ortho intramolecular Hbond substituents is 1. The Bertz CT molecular complexity index is 644. The summed E-state index contributed by atoms with van der Waals surface area (Å²) in [4.78, 5) is 12.0. The number of carbonyl (C=O) groups is 1. The molecule has 0 aliphatic heterocycles. The molecular weight excluding hydrogens is 266 g/mol. The van der Waals surface area contributed by atoms with E-state index >= 15 is 0 Å². The summed E-state index contributed by atoms with van der Waals surface area (Å²) in [6.45, 7) is 0. The van der Waals surface area contributed by atoms with E-state index in [1.807, 2.05) is 0 Å². The largest absolute Gasteiger partial charge is 0.505 e. The number of halogens is 1. The van der Waals surface area contributed by atoms with Crippen molar-refractivity contribution in [1.82, 2.24) is 0 Å². The third kappa shape index (κ3) is 2.71. The number of nitrogens with two attached hydrogens (primary N) is 2. The van der Waals surface area contributed by atoms with Crippen LogP contribution < -0.4 is 16.8 Å². The number of phenols is 1. The highest BCUT2D eigenvalue weighted by Gasteiger charge is 2.13. The zero-order valence-electron chi connectivity index (χ0n) is 9.85. The van der Waals surface area contributed by atoms with Gasteiger partial charge in [0.15, 0.2) is 5.75 Å². The van der Waals surface area contributed by atoms with Crippen LogP contribution in [0.3, 0.4) is 0 Å². The Morgan fingerprint density at radius 3 is 2.58 bits per heavy atom. The molecule has 0 aliphatic carbocycles. The van der Waals surface area contributed by atoms with E-state index in [0.29, 0.717) is 16.4 Å². The maximum Gasteiger partial charge on any atom is 0.259 e. The summed E-state index contributed by atoms with van der Waals surface area (Å²) in [6.07, 6.45) is 0. The molecule has 0 aromatic heterocycles. The highest BCUT2D eigenvalue weighted by Crippen LogP contribution is 2.26. The lowest BCUT2D eigenvalue weighted by atomic mass is 10.1. The van der Waals surface area contributed by atoms with Gasteiger partial charge in [-0.25, -0.2) is 0 Å². The molecule has 0 saturated carbocycles. The number of nitrogen functional groups attached to an aromatic ring is 2. The molecule has 2 aromatic carbocycles. The van der Waals surface area contributed by atoms with Crippen molar-refractivity contribution in [2.45, 2.75) is 0 Å². The fourth-order valence-electron chi connectivity index (χ4n) is 1.56. The van der Waals surface area contributed by atoms with Crippen molar-refractivity contribution in [3.05, 3.63) is 47.0 Å². The second-order valence-corrected chi connectivity index (χ2v) is 4.34. The number of amides is 1. The molecule has 0 saturated heterocycles. The molecule has 0 heterocycles. The van der Waals surface area contributed by atoms with Crippen molar-refractivity contribution in [2.24, 2.45) is 0 Å². The summed E-state index contributed by atoms with van der Waals surface area (Å²) >= 11 is 5.79. The topological polar surface area (TPSA) is 101 Å². The van der Waals surface area contributed by atoms with Gasteiger partial charge in [-0.05, 0) is 30.3 Å². The summed E-state index contributed by atoms with van der Waals surface area (Å²) in [7, 11) is 0. The van der Waals surface area contributed by atoms with E-state index in [9.17, 15) is 9.90 Å². The molecule has 0 fully saturated rings. The van der Waals surface area contributed by atoms with Gasteiger partial charge in [-0.15, -0.1) is 0 Å². The lowest BCUT2D eigenvalue weighted by molar-refractivity contribution is 0.102. The molecule has 0 unspecified atom stereocenters. The van der Waals surface area contributed by atoms with E-state index in [-0.39, 0.29) is 17.0 Å². The zero-order valence-corrected chi connectivity index (χ0v) is 10.6. The fourth-order valence-corrected chi connectivity index (χ4v) is 1.68. The molecule has 2 rings (SSSR count). The predicted molar refractivity (Wildman–Crippen MR) is 76.3 cm³/mol. The smallest absolute Gasteiger partial charge is 0.259 e. The molecule has 19 heavy (non-hydrogen) atoms. The second kappa shape index (κ2) is 5.07. The van der Waals surface area contributed by atoms with E-state index in [4.69, 9.17) is 23.1 Å². The van der Waals surface area contributed by atoms with Crippen LogP contribution >= 0.6 is 11.6 Å². The first-order valence-electron chi connectivity index (χ1n) is 5.43. The number of benzene rings is 2. The number of hydrogen-bond donors (Lipinski definition) is 4. The minimum absolute atomic E-state index is 0.0912. The third-order valence-electron chi connectivity index (χ3n) is 2.57. The van der Waals surface area contributed by atoms with Crippen molar-refractivity contribution < 1.29 is 9.90 Å². The van der Waals surface area contributed by atoms with E-state index in [1.54, 1.807) is 18.2 Å². The van der Waals surface area contributed by atoms with Crippen LogP contribution in [0, 0.1) is 0 Å². The van der Waals surface area contributed by atoms with Gasteiger partial charge in [-0.1, -0.05) is 17.7 Å². The van der Waals surface area contributed by atoms with Crippen LogP contribution in [-0.2, 0) is 0 Å². The molecule has 6 N–H and O–H groups in total. The molecule has 0 aliphatic rings. The monoisotopic (exact) mass is 277 g/mol. The number of carbonyl (C=O) groups excluding carboxylic acids is 1. The van der Waals surface area contributed by atoms with Crippen LogP contribution in [0.15, 0.2) is 36.4 Å². The molecule has 0 radical (unpaired) electrons. The Morgan fingerprint density at radius 1 is 1.16 bits per heavy atom. The first-order chi connectivity index (χ1) is 8.99. The molecule has 6 heteroatoms. The SMILES string of the molecule is Nc1cc(NC(=O)c2cccc(N)c2O)ccc1Cl. The second-order valence-electron chi connectivity index (χ2n) is 3.93. The number of anilines is 3. The van der Waals surface area contributed by atoms with Crippen LogP contribution in [0.4, 0.5) is 17.1 Å². The van der Waals surface area contributed by atoms with E-state index in [0.717, 1.165) is 0 Å². The van der Waals surface area contributed by atoms with Gasteiger partial charge >= 0.3 is 0 Å². The standard InChI is InChI=1S/C13H12ClN3O2/c14-9-5-4-7(6-11(9)16)17-13(19)8-2-1-3-10(15)12(8)18/h1-6,18H,15-16H2,(H,17,19). The number of rotatable bonds is 2. The van der Waals surface area contributed by atoms with Gasteiger partial charge in [0.05, 0.1) is 22.0 Å². The first kappa shape index (κ1) is 13.0. The third-order valence-corrected chi connectivity index (χ3v) is 2.91. The maximum absolute atomic E-state index is 12.0. The van der Waals surface area contributed by atoms with Crippen molar-refractivity contribution in [3.8, 4) is 5.75 Å². The van der Waals surface area contributed by atoms with Gasteiger partial charge < -0.3 is 21.9 Å². The van der Waals surface area contributed by atoms with Crippen LogP contribution in [0.25, 0.3) is 0 Å². The van der Waals surface area contributed by atoms with Crippen LogP contribution in [0.2, 0.25) is 5.02 Å². The van der Waals surface area contributed by atoms with Gasteiger partial charge in [-0.2, -0.15) is 0 Å². The van der Waals surface area contributed by atoms with Crippen LogP contribution in [-0.4, -0.2) is 11.0 Å². The minimum Gasteiger partial charge on any atom is -0.505 e. The van der Waals surface area contributed by atoms with Crippen molar-refractivity contribution >= 4 is 34.6 Å². The van der Waals surface area contributed by atoms with E-state index < -0.39 is 5.91 Å². The van der Waals surface area contributed by atoms with Crippen molar-refractivity contribution in [2.75, 3.05) is 16.8 Å². The lowest BCUT2D eigenvalue weighted by Crippen LogP contribution is -2.12. The first-order valence-corrected chi connectivity index (χ1v) is 5.80. The van der Waals surface area contributed by atoms with Crippen LogP contribution in [0.1, 0.15) is 10.4 Å². The summed E-state index contributed by atoms with van der Waals surface area (Å²) in [5.41, 5.74) is 12.2. The molecule has 5 nitrogen and oxygen atoms in total. The number of nitrogens with one attached hydrogen (secondary N) is 1. The Balaban J connectivity index is 2.26. The highest BCUT2D eigenvalue weighted by atomic mass is 35.5. The van der Waals surface area contributed by atoms with E-state index in [2.05, 4.69) is 5.32 Å². The van der Waals surface area contributed by atoms with Crippen molar-refractivity contribution in [3.63, 3.8) is 0 Å². The Hall–Kier alpha value is -2.40. The highest BCUT2D eigenvalue weighted by molar-refractivity contribution is 6.33. The van der Waals surface area contributed by atoms with Gasteiger partial charge in [0.1, 0.15) is 0 Å². The minimum atomic E-state index is -0.480. The Kier molecular flexibility index (Phi) is 3.48. The van der Waals surface area contributed by atoms with Crippen molar-refractivity contribution in [1.29, 1.82) is 0 Å². The summed E-state index contributed by atoms with van der Waals surface area (Å²) in [5.74, 6) is -0.728. The number of para-hydroxylation sites is 1. The molecular formula is C13H12ClN3O2. The Morgan fingerprint density at radius 2 is 1.89 bits per heavy atom. The Labute approximate surface area is 114 Å². The van der Waals surface area contributed by atoms with Gasteiger partial charge in [0.2, 0.25) is 0 Å². The number of aromatic hydroxyl groups is 1. The molecule has 0 bridgehead atoms. The average molecular weight is 278 g/mol. The van der Waals surface area contributed by atoms with Gasteiger partial charge in [-0.3, -0.25) is 4.79 Å². The lowest BCUT2D eigenvalue weighted by Gasteiger charge is -2.09. The maximum atomic E-state index is 12.0. The fraction of sp³-hybridized carbons (Fsp3) is 0. The summed E-state index contributed by atoms with van der Waals surface area (Å²) in [5, 5.41) is 12.7. The molecule has 2 aromatic rings. The predicted octanol–water partition coefficient (Wildman–Crippen LogP) is 2.46. The van der Waals surface area contributed by atoms with Gasteiger partial charge in [0.25, 0.3) is 5.91 Å². The summed E-state index contributed by atoms with van der Waals surface area (Å²) in [6, 6.07) is 9.28. The molecule has 1 amide bonds. The quantitative estimate of drug-likeness (QED) is 0.500. The average Bonchev–Trinajstić information content (AvgIpc) is 2.37. The van der Waals surface area contributed by atoms with E-state index in [1.165, 1.54) is 18.2 Å². The van der Waals surface area contributed by atoms with Crippen LogP contribution in [0.5, 0.6) is 5.75 Å². The summed E-state index contributed by atoms with van der Waals surface area (Å²) < 4.78 is 0. The van der Waals surface area contributed by atoms with Gasteiger partial charge in [0, 0.05) is 5.69 Å². The normalized spacial score (nSPS) is 10.2. The zero-order chi connectivity index (χ0) is 14.0. The number of hydrogen-bond acceptors (Lipinski definition) is 4.